The third-order valence-corrected chi connectivity index (χ3v) is 4.92. The molecule has 0 aromatic carbocycles. The molecule has 0 saturated carbocycles. The van der Waals surface area contributed by atoms with Crippen molar-refractivity contribution >= 4 is 17.6 Å². The zero-order valence-corrected chi connectivity index (χ0v) is 18.1. The van der Waals surface area contributed by atoms with E-state index >= 15 is 0 Å². The van der Waals surface area contributed by atoms with E-state index in [4.69, 9.17) is 10.5 Å². The van der Waals surface area contributed by atoms with Gasteiger partial charge in [-0.15, -0.1) is 0 Å². The van der Waals surface area contributed by atoms with Crippen LogP contribution < -0.4 is 21.7 Å². The maximum absolute atomic E-state index is 12.7. The second kappa shape index (κ2) is 12.9. The molecule has 1 saturated heterocycles. The van der Waals surface area contributed by atoms with Gasteiger partial charge in [0, 0.05) is 26.1 Å². The zero-order chi connectivity index (χ0) is 22.0. The number of hydrogen-bond donors (Lipinski definition) is 5. The molecule has 5 atom stereocenters. The number of ether oxygens (including phenoxy) is 1. The van der Waals surface area contributed by atoms with Gasteiger partial charge in [0.25, 0.3) is 0 Å². The predicted octanol–water partition coefficient (Wildman–Crippen LogP) is -0.685. The van der Waals surface area contributed by atoms with Crippen molar-refractivity contribution in [3.05, 3.63) is 0 Å². The number of aliphatic hydroxyl groups excluding tert-OH is 1. The largest absolute Gasteiger partial charge is 0.391 e. The van der Waals surface area contributed by atoms with Crippen LogP contribution in [0, 0.1) is 11.8 Å². The lowest BCUT2D eigenvalue weighted by molar-refractivity contribution is -0.136. The number of Topliss-reactive ketones (excluding diaryl/α,β-unsaturated/α-hetero) is 1. The van der Waals surface area contributed by atoms with Gasteiger partial charge in [-0.1, -0.05) is 20.8 Å². The summed E-state index contributed by atoms with van der Waals surface area (Å²) < 4.78 is 5.82. The number of aliphatic hydroxyl groups is 1. The second-order valence-electron chi connectivity index (χ2n) is 8.13. The number of rotatable bonds is 12. The first-order valence-electron chi connectivity index (χ1n) is 10.5. The first-order chi connectivity index (χ1) is 13.7. The van der Waals surface area contributed by atoms with Crippen LogP contribution in [0.4, 0.5) is 0 Å². The molecule has 1 heterocycles. The molecule has 0 aromatic rings. The van der Waals surface area contributed by atoms with Gasteiger partial charge in [0.15, 0.2) is 5.78 Å². The van der Waals surface area contributed by atoms with E-state index in [0.29, 0.717) is 38.5 Å². The van der Waals surface area contributed by atoms with Crippen molar-refractivity contribution in [3.8, 4) is 0 Å². The Bertz CT molecular complexity index is 541. The van der Waals surface area contributed by atoms with E-state index in [-0.39, 0.29) is 36.7 Å². The van der Waals surface area contributed by atoms with E-state index in [9.17, 15) is 19.5 Å². The Morgan fingerprint density at radius 1 is 1.21 bits per heavy atom. The van der Waals surface area contributed by atoms with E-state index in [0.717, 1.165) is 0 Å². The smallest absolute Gasteiger partial charge is 0.245 e. The van der Waals surface area contributed by atoms with E-state index in [1.54, 1.807) is 6.92 Å². The van der Waals surface area contributed by atoms with Gasteiger partial charge in [-0.25, -0.2) is 0 Å². The van der Waals surface area contributed by atoms with Gasteiger partial charge in [-0.3, -0.25) is 14.4 Å². The molecule has 0 bridgehead atoms. The van der Waals surface area contributed by atoms with Gasteiger partial charge >= 0.3 is 0 Å². The highest BCUT2D eigenvalue weighted by Crippen LogP contribution is 2.15. The van der Waals surface area contributed by atoms with E-state index in [1.165, 1.54) is 6.92 Å². The van der Waals surface area contributed by atoms with Crippen LogP contribution in [0.3, 0.4) is 0 Å². The van der Waals surface area contributed by atoms with E-state index in [2.05, 4.69) is 29.8 Å². The molecule has 0 radical (unpaired) electrons. The van der Waals surface area contributed by atoms with Crippen molar-refractivity contribution in [3.63, 3.8) is 0 Å². The lowest BCUT2D eigenvalue weighted by atomic mass is 9.95. The van der Waals surface area contributed by atoms with Crippen LogP contribution in [0.1, 0.15) is 47.0 Å². The molecule has 9 heteroatoms. The van der Waals surface area contributed by atoms with E-state index < -0.39 is 24.1 Å². The maximum atomic E-state index is 12.7. The number of hydrogen-bond acceptors (Lipinski definition) is 7. The average Bonchev–Trinajstić information content (AvgIpc) is 2.69. The van der Waals surface area contributed by atoms with Crippen molar-refractivity contribution in [1.82, 2.24) is 16.0 Å². The van der Waals surface area contributed by atoms with Crippen molar-refractivity contribution in [2.45, 2.75) is 71.2 Å². The summed E-state index contributed by atoms with van der Waals surface area (Å²) >= 11 is 0. The summed E-state index contributed by atoms with van der Waals surface area (Å²) in [5, 5.41) is 18.5. The first-order valence-corrected chi connectivity index (χ1v) is 10.5. The fraction of sp³-hybridized carbons (Fsp3) is 0.850. The van der Waals surface area contributed by atoms with Gasteiger partial charge in [0.2, 0.25) is 11.8 Å². The van der Waals surface area contributed by atoms with Gasteiger partial charge < -0.3 is 31.5 Å². The van der Waals surface area contributed by atoms with Gasteiger partial charge in [0.1, 0.15) is 6.04 Å². The molecule has 0 aliphatic carbocycles. The van der Waals surface area contributed by atoms with Crippen molar-refractivity contribution in [2.75, 3.05) is 26.2 Å². The van der Waals surface area contributed by atoms with Gasteiger partial charge in [0.05, 0.1) is 24.2 Å². The Hall–Kier alpha value is -1.55. The number of carbonyl (C=O) groups excluding carboxylic acids is 3. The molecule has 168 valence electrons. The summed E-state index contributed by atoms with van der Waals surface area (Å²) in [6, 6.07) is -1.87. The minimum absolute atomic E-state index is 0.0724. The molecule has 1 fully saturated rings. The summed E-state index contributed by atoms with van der Waals surface area (Å²) in [6.45, 7) is 9.28. The average molecular weight is 415 g/mol. The lowest BCUT2D eigenvalue weighted by Gasteiger charge is -2.31. The molecule has 0 aromatic heterocycles. The predicted molar refractivity (Wildman–Crippen MR) is 110 cm³/mol. The minimum atomic E-state index is -1.15. The first kappa shape index (κ1) is 25.5. The van der Waals surface area contributed by atoms with Crippen LogP contribution in [-0.2, 0) is 19.1 Å². The molecule has 1 rings (SSSR count). The Morgan fingerprint density at radius 3 is 2.45 bits per heavy atom. The standard InChI is InChI=1S/C20H38N4O5/c1-5-17(26)16(6-7-21)23-20(28)18(13(4)25)24-19(27)14-8-15(10-22-9-14)29-11-12(2)3/h12-16,18,22,25H,5-11,21H2,1-4H3,(H,23,28)(H,24,27)/t13-,14?,15?,16-,18-/m0/s1. The number of ketones is 1. The highest BCUT2D eigenvalue weighted by Gasteiger charge is 2.33. The van der Waals surface area contributed by atoms with Crippen LogP contribution in [0.15, 0.2) is 0 Å². The second-order valence-corrected chi connectivity index (χ2v) is 8.13. The normalized spacial score (nSPS) is 22.6. The molecule has 0 spiro atoms. The van der Waals surface area contributed by atoms with Crippen LogP contribution in [0.5, 0.6) is 0 Å². The third-order valence-electron chi connectivity index (χ3n) is 4.92. The Morgan fingerprint density at radius 2 is 1.90 bits per heavy atom. The third kappa shape index (κ3) is 8.77. The number of amides is 2. The van der Waals surface area contributed by atoms with Crippen LogP contribution >= 0.6 is 0 Å². The topological polar surface area (TPSA) is 143 Å². The summed E-state index contributed by atoms with van der Waals surface area (Å²) in [4.78, 5) is 37.4. The molecular weight excluding hydrogens is 376 g/mol. The van der Waals surface area contributed by atoms with Crippen LogP contribution in [0.2, 0.25) is 0 Å². The SMILES string of the molecule is CCC(=O)[C@H](CCN)NC(=O)[C@@H](NC(=O)C1CNCC(OCC(C)C)C1)[C@H](C)O. The number of nitrogens with one attached hydrogen (secondary N) is 3. The fourth-order valence-corrected chi connectivity index (χ4v) is 3.22. The van der Waals surface area contributed by atoms with Gasteiger partial charge in [-0.05, 0) is 32.2 Å². The highest BCUT2D eigenvalue weighted by atomic mass is 16.5. The van der Waals surface area contributed by atoms with Crippen molar-refractivity contribution < 1.29 is 24.2 Å². The number of piperidine rings is 1. The van der Waals surface area contributed by atoms with E-state index in [1.807, 2.05) is 0 Å². The van der Waals surface area contributed by atoms with Crippen molar-refractivity contribution in [1.29, 1.82) is 0 Å². The summed E-state index contributed by atoms with van der Waals surface area (Å²) in [6.07, 6.45) is -0.0673. The van der Waals surface area contributed by atoms with Crippen LogP contribution in [0.25, 0.3) is 0 Å². The Labute approximate surface area is 173 Å². The summed E-state index contributed by atoms with van der Waals surface area (Å²) in [7, 11) is 0. The Balaban J connectivity index is 2.70. The lowest BCUT2D eigenvalue weighted by Crippen LogP contribution is -2.58. The van der Waals surface area contributed by atoms with Gasteiger partial charge in [-0.2, -0.15) is 0 Å². The summed E-state index contributed by atoms with van der Waals surface area (Å²) in [5.74, 6) is -1.02. The number of nitrogens with two attached hydrogens (primary N) is 1. The zero-order valence-electron chi connectivity index (χ0n) is 18.1. The Kier molecular flexibility index (Phi) is 11.3. The molecule has 2 unspecified atom stereocenters. The van der Waals surface area contributed by atoms with Crippen molar-refractivity contribution in [2.24, 2.45) is 17.6 Å². The van der Waals surface area contributed by atoms with Crippen LogP contribution in [-0.4, -0.2) is 73.2 Å². The quantitative estimate of drug-likeness (QED) is 0.285. The minimum Gasteiger partial charge on any atom is -0.391 e. The number of carbonyl (C=O) groups is 3. The molecule has 6 N–H and O–H groups in total. The highest BCUT2D eigenvalue weighted by molar-refractivity contribution is 5.93. The summed E-state index contributed by atoms with van der Waals surface area (Å²) in [5.41, 5.74) is 5.53. The molecule has 1 aliphatic rings. The molecule has 29 heavy (non-hydrogen) atoms. The maximum Gasteiger partial charge on any atom is 0.245 e. The molecule has 9 nitrogen and oxygen atoms in total. The molecular formula is C20H38N4O5. The molecule has 1 aliphatic heterocycles. The molecule has 2 amide bonds. The fourth-order valence-electron chi connectivity index (χ4n) is 3.22. The monoisotopic (exact) mass is 414 g/mol.